The minimum Gasteiger partial charge on any atom is -0.494 e. The van der Waals surface area contributed by atoms with Crippen molar-refractivity contribution in [2.24, 2.45) is 0 Å². The average Bonchev–Trinajstić information content (AvgIpc) is 3.42. The van der Waals surface area contributed by atoms with Gasteiger partial charge in [0.05, 0.1) is 17.2 Å². The fourth-order valence-electron chi connectivity index (χ4n) is 3.97. The van der Waals surface area contributed by atoms with Crippen LogP contribution < -0.4 is 14.8 Å². The summed E-state index contributed by atoms with van der Waals surface area (Å²) >= 11 is 0. The summed E-state index contributed by atoms with van der Waals surface area (Å²) in [5.41, 5.74) is 2.40. The summed E-state index contributed by atoms with van der Waals surface area (Å²) in [5.74, 6) is 1.48. The zero-order chi connectivity index (χ0) is 27.1. The number of sulfonamides is 1. The normalized spacial score (nSPS) is 13.4. The lowest BCUT2D eigenvalue weighted by Crippen LogP contribution is -2.41. The van der Waals surface area contributed by atoms with E-state index in [9.17, 15) is 13.2 Å². The molecule has 0 saturated carbocycles. The van der Waals surface area contributed by atoms with Gasteiger partial charge in [-0.3, -0.25) is 4.57 Å². The summed E-state index contributed by atoms with van der Waals surface area (Å²) in [6.07, 6.45) is 4.77. The predicted molar refractivity (Wildman–Crippen MR) is 147 cm³/mol. The van der Waals surface area contributed by atoms with E-state index in [2.05, 4.69) is 10.3 Å². The maximum atomic E-state index is 12.5. The van der Waals surface area contributed by atoms with Crippen molar-refractivity contribution < 1.29 is 22.7 Å². The molecule has 0 radical (unpaired) electrons. The third-order valence-electron chi connectivity index (χ3n) is 6.36. The van der Waals surface area contributed by atoms with Gasteiger partial charge in [0.25, 0.3) is 0 Å². The Labute approximate surface area is 228 Å². The largest absolute Gasteiger partial charge is 0.494 e. The molecule has 4 aromatic rings. The molecule has 1 aromatic heterocycles. The van der Waals surface area contributed by atoms with E-state index in [1.807, 2.05) is 54.6 Å². The number of hydrogen-bond donors (Lipinski definition) is 1. The third kappa shape index (κ3) is 6.65. The van der Waals surface area contributed by atoms with E-state index >= 15 is 0 Å². The molecule has 1 aliphatic heterocycles. The molecule has 1 N–H and O–H groups in total. The summed E-state index contributed by atoms with van der Waals surface area (Å²) in [5, 5.41) is 2.86. The number of rotatable bonds is 11. The van der Waals surface area contributed by atoms with Crippen molar-refractivity contribution in [1.29, 1.82) is 0 Å². The number of nitrogens with zero attached hydrogens (tertiary/aromatic N) is 3. The highest BCUT2D eigenvalue weighted by Gasteiger charge is 2.29. The maximum absolute atomic E-state index is 12.5. The number of carbonyl (C=O) groups is 1. The van der Waals surface area contributed by atoms with Crippen molar-refractivity contribution in [2.45, 2.75) is 24.3 Å². The Morgan fingerprint density at radius 3 is 2.31 bits per heavy atom. The average molecular weight is 547 g/mol. The van der Waals surface area contributed by atoms with E-state index in [4.69, 9.17) is 9.47 Å². The Balaban J connectivity index is 1.07. The second-order valence-corrected chi connectivity index (χ2v) is 11.1. The predicted octanol–water partition coefficient (Wildman–Crippen LogP) is 4.55. The van der Waals surface area contributed by atoms with Crippen LogP contribution in [0.5, 0.6) is 11.5 Å². The first-order valence-corrected chi connectivity index (χ1v) is 14.3. The number of carbonyl (C=O) groups excluding carboxylic acids is 1. The lowest BCUT2D eigenvalue weighted by Gasteiger charge is -2.29. The van der Waals surface area contributed by atoms with Gasteiger partial charge in [0, 0.05) is 31.4 Å². The third-order valence-corrected chi connectivity index (χ3v) is 8.27. The van der Waals surface area contributed by atoms with Crippen LogP contribution in [-0.2, 0) is 16.6 Å². The molecule has 5 rings (SSSR count). The highest BCUT2D eigenvalue weighted by atomic mass is 32.2. The summed E-state index contributed by atoms with van der Waals surface area (Å²) < 4.78 is 39.3. The first kappa shape index (κ1) is 26.5. The van der Waals surface area contributed by atoms with Crippen molar-refractivity contribution in [3.63, 3.8) is 0 Å². The zero-order valence-electron chi connectivity index (χ0n) is 21.4. The Morgan fingerprint density at radius 2 is 1.62 bits per heavy atom. The number of imidazole rings is 1. The number of amides is 1. The van der Waals surface area contributed by atoms with Crippen LogP contribution in [0.3, 0.4) is 0 Å². The van der Waals surface area contributed by atoms with Crippen LogP contribution in [0.15, 0.2) is 96.3 Å². The van der Waals surface area contributed by atoms with Gasteiger partial charge in [-0.05, 0) is 66.9 Å². The molecule has 3 aromatic carbocycles. The van der Waals surface area contributed by atoms with Gasteiger partial charge in [0.2, 0.25) is 10.0 Å². The molecule has 1 saturated heterocycles. The minimum absolute atomic E-state index is 0.253. The van der Waals surface area contributed by atoms with Crippen LogP contribution in [-0.4, -0.2) is 54.5 Å². The highest BCUT2D eigenvalue weighted by molar-refractivity contribution is 7.89. The van der Waals surface area contributed by atoms with Gasteiger partial charge in [-0.15, -0.1) is 0 Å². The topological polar surface area (TPSA) is 103 Å². The first-order chi connectivity index (χ1) is 19.0. The molecule has 0 atom stereocenters. The molecule has 202 valence electrons. The van der Waals surface area contributed by atoms with E-state index < -0.39 is 10.0 Å². The van der Waals surface area contributed by atoms with Crippen molar-refractivity contribution in [2.75, 3.05) is 26.2 Å². The van der Waals surface area contributed by atoms with Gasteiger partial charge in [0.1, 0.15) is 24.4 Å². The fraction of sp³-hybridized carbons (Fsp3) is 0.241. The Hall–Kier alpha value is -4.15. The number of hydrogen-bond acceptors (Lipinski definition) is 6. The number of nitrogens with one attached hydrogen (secondary N) is 1. The smallest absolute Gasteiger partial charge is 0.326 e. The van der Waals surface area contributed by atoms with E-state index in [1.165, 1.54) is 15.2 Å². The van der Waals surface area contributed by atoms with Gasteiger partial charge in [-0.1, -0.05) is 30.3 Å². The second kappa shape index (κ2) is 12.1. The molecule has 2 heterocycles. The summed E-state index contributed by atoms with van der Waals surface area (Å²) in [7, 11) is -3.38. The van der Waals surface area contributed by atoms with Crippen LogP contribution >= 0.6 is 0 Å². The Kier molecular flexibility index (Phi) is 8.24. The van der Waals surface area contributed by atoms with Crippen molar-refractivity contribution >= 4 is 16.1 Å². The van der Waals surface area contributed by atoms with Gasteiger partial charge in [0.15, 0.2) is 0 Å². The van der Waals surface area contributed by atoms with Gasteiger partial charge < -0.3 is 14.8 Å². The molecule has 1 fully saturated rings. The molecule has 0 spiro atoms. The van der Waals surface area contributed by atoms with Crippen molar-refractivity contribution in [3.8, 4) is 22.8 Å². The summed E-state index contributed by atoms with van der Waals surface area (Å²) in [6, 6.07) is 23.5. The summed E-state index contributed by atoms with van der Waals surface area (Å²) in [4.78, 5) is 17.1. The molecule has 1 aliphatic rings. The molecular weight excluding hydrogens is 516 g/mol. The van der Waals surface area contributed by atoms with Crippen LogP contribution in [0, 0.1) is 0 Å². The molecule has 39 heavy (non-hydrogen) atoms. The van der Waals surface area contributed by atoms with Gasteiger partial charge in [-0.2, -0.15) is 4.31 Å². The van der Waals surface area contributed by atoms with Crippen molar-refractivity contribution in [1.82, 2.24) is 19.2 Å². The molecule has 0 bridgehead atoms. The van der Waals surface area contributed by atoms with Crippen LogP contribution in [0.25, 0.3) is 11.3 Å². The molecule has 9 nitrogen and oxygen atoms in total. The van der Waals surface area contributed by atoms with E-state index in [0.29, 0.717) is 55.6 Å². The number of para-hydroxylation sites is 1. The minimum atomic E-state index is -3.38. The van der Waals surface area contributed by atoms with E-state index in [1.54, 1.807) is 30.5 Å². The number of ether oxygens (including phenoxy) is 2. The lowest BCUT2D eigenvalue weighted by molar-refractivity contribution is 0.240. The molecule has 0 unspecified atom stereocenters. The fourth-order valence-corrected chi connectivity index (χ4v) is 5.49. The highest BCUT2D eigenvalue weighted by Crippen LogP contribution is 2.23. The molecular formula is C29H30N4O5S. The maximum Gasteiger partial charge on any atom is 0.326 e. The lowest BCUT2D eigenvalue weighted by atomic mass is 10.1. The summed E-state index contributed by atoms with van der Waals surface area (Å²) in [6.45, 7) is 2.49. The molecule has 1 amide bonds. The standard InChI is InChI=1S/C29H30N4O5S/c34-29(30-16-4-19-37-25-6-2-1-3-7-25)32-20-28(31-22-32)24-10-12-26(13-11-24)38-21-23-8-14-27(15-9-23)39(35,36)33-17-5-18-33/h1-3,6-15,20,22H,4-5,16-19,21H2,(H,30,34). The van der Waals surface area contributed by atoms with Gasteiger partial charge in [-0.25, -0.2) is 18.2 Å². The quantitative estimate of drug-likeness (QED) is 0.277. The zero-order valence-corrected chi connectivity index (χ0v) is 22.2. The Bertz CT molecular complexity index is 1480. The second-order valence-electron chi connectivity index (χ2n) is 9.13. The van der Waals surface area contributed by atoms with E-state index in [0.717, 1.165) is 23.3 Å². The first-order valence-electron chi connectivity index (χ1n) is 12.8. The van der Waals surface area contributed by atoms with Crippen LogP contribution in [0.1, 0.15) is 18.4 Å². The van der Waals surface area contributed by atoms with E-state index in [-0.39, 0.29) is 6.03 Å². The van der Waals surface area contributed by atoms with Crippen molar-refractivity contribution in [3.05, 3.63) is 97.0 Å². The Morgan fingerprint density at radius 1 is 0.897 bits per heavy atom. The van der Waals surface area contributed by atoms with Gasteiger partial charge >= 0.3 is 6.03 Å². The molecule has 0 aliphatic carbocycles. The monoisotopic (exact) mass is 546 g/mol. The van der Waals surface area contributed by atoms with Crippen LogP contribution in [0.4, 0.5) is 4.79 Å². The molecule has 10 heteroatoms. The SMILES string of the molecule is O=C(NCCCOc1ccccc1)n1cnc(-c2ccc(OCc3ccc(S(=O)(=O)N4CCC4)cc3)cc2)c1. The number of aromatic nitrogens is 2. The number of benzene rings is 3. The van der Waals surface area contributed by atoms with Crippen LogP contribution in [0.2, 0.25) is 0 Å².